The molecular weight excluding hydrogens is 1240 g/mol. The normalized spacial score (nSPS) is 13.9. The summed E-state index contributed by atoms with van der Waals surface area (Å²) in [6.45, 7) is 27.6. The first-order chi connectivity index (χ1) is 43.0. The Morgan fingerprint density at radius 1 is 0.124 bits per heavy atom. The summed E-state index contributed by atoms with van der Waals surface area (Å²) >= 11 is -4.74. The average Bonchev–Trinajstić information content (AvgIpc) is 0.622. The van der Waals surface area contributed by atoms with Crippen LogP contribution in [-0.4, -0.2) is 0 Å². The van der Waals surface area contributed by atoms with E-state index in [2.05, 4.69) is 374 Å². The van der Waals surface area contributed by atoms with Crippen molar-refractivity contribution in [3.05, 3.63) is 358 Å². The Balaban J connectivity index is 1.67. The maximum absolute atomic E-state index is 4.74. The molecule has 454 valence electrons. The molecule has 0 spiro atoms. The van der Waals surface area contributed by atoms with Crippen LogP contribution in [0.25, 0.3) is 0 Å². The molecule has 0 nitrogen and oxygen atoms in total. The zero-order valence-corrected chi connectivity index (χ0v) is 59.6. The summed E-state index contributed by atoms with van der Waals surface area (Å²) < 4.78 is 0. The van der Waals surface area contributed by atoms with Crippen molar-refractivity contribution in [1.29, 1.82) is 0 Å². The SMILES string of the molecule is Cc1ccc([PH](c2ccc(C)cc2)(c2ccc(C)cc2)[Pd]([PH](c2ccc(C)cc2)(c2ccc(C)cc2)c2ccc(C)cc2)([PH](c2ccc(C)cc2)(c2ccc(C)cc2)c2ccc(C)cc2)[PH](c2ccc(C)cc2)(c2ccc(C)cc2)c2ccc(C)cc2)cc1. The van der Waals surface area contributed by atoms with E-state index < -0.39 is 35.4 Å². The molecule has 0 saturated heterocycles. The van der Waals surface area contributed by atoms with Gasteiger partial charge in [0.1, 0.15) is 0 Å². The Kier molecular flexibility index (Phi) is 17.7. The Morgan fingerprint density at radius 3 is 0.258 bits per heavy atom. The summed E-state index contributed by atoms with van der Waals surface area (Å²) in [5.41, 5.74) is -1.33. The van der Waals surface area contributed by atoms with E-state index in [4.69, 9.17) is 0 Å². The number of aryl methyl sites for hydroxylation is 12. The van der Waals surface area contributed by atoms with Crippen molar-refractivity contribution >= 4 is 85.5 Å². The standard InChI is InChI=1S/4C21H21P.Pd/c4*1-16-4-10-19(11-5-16)22(20-12-6-17(2)7-13-20)21-14-8-18(3)9-15-21;/h4*4-15H,1-3H3;/q;;;;-4/p+4. The van der Waals surface area contributed by atoms with Crippen LogP contribution in [0, 0.1) is 83.1 Å². The van der Waals surface area contributed by atoms with E-state index in [0.29, 0.717) is 0 Å². The number of hydrogen-bond acceptors (Lipinski definition) is 0. The fraction of sp³-hybridized carbons (Fsp3) is 0.143. The molecule has 0 amide bonds. The molecule has 5 heteroatoms. The summed E-state index contributed by atoms with van der Waals surface area (Å²) in [5, 5.41) is 17.7. The van der Waals surface area contributed by atoms with Crippen LogP contribution in [0.5, 0.6) is 0 Å². The molecule has 0 N–H and O–H groups in total. The van der Waals surface area contributed by atoms with Gasteiger partial charge in [0.2, 0.25) is 0 Å². The van der Waals surface area contributed by atoms with E-state index in [1.165, 1.54) is 130 Å². The predicted octanol–water partition coefficient (Wildman–Crippen LogP) is 16.4. The van der Waals surface area contributed by atoms with Crippen molar-refractivity contribution in [2.75, 3.05) is 0 Å². The molecule has 0 radical (unpaired) electrons. The molecule has 0 bridgehead atoms. The van der Waals surface area contributed by atoms with Crippen LogP contribution in [0.15, 0.2) is 291 Å². The van der Waals surface area contributed by atoms with Gasteiger partial charge in [-0.05, 0) is 0 Å². The maximum atomic E-state index is 2.68. The van der Waals surface area contributed by atoms with Gasteiger partial charge >= 0.3 is 540 Å². The van der Waals surface area contributed by atoms with Crippen molar-refractivity contribution < 1.29 is 13.6 Å². The third-order valence-corrected chi connectivity index (χ3v) is 122. The molecule has 0 aliphatic rings. The van der Waals surface area contributed by atoms with Gasteiger partial charge in [-0.15, -0.1) is 0 Å². The second-order valence-corrected chi connectivity index (χ2v) is 75.9. The van der Waals surface area contributed by atoms with Crippen LogP contribution in [0.3, 0.4) is 0 Å². The van der Waals surface area contributed by atoms with Crippen LogP contribution < -0.4 is 63.7 Å². The van der Waals surface area contributed by atoms with Crippen LogP contribution in [0.1, 0.15) is 66.8 Å². The molecule has 0 atom stereocenters. The van der Waals surface area contributed by atoms with E-state index in [9.17, 15) is 0 Å². The van der Waals surface area contributed by atoms with Gasteiger partial charge in [0.05, 0.1) is 0 Å². The third kappa shape index (κ3) is 10.4. The Hall–Kier alpha value is -6.98. The van der Waals surface area contributed by atoms with Gasteiger partial charge in [0, 0.05) is 0 Å². The Labute approximate surface area is 535 Å². The minimum atomic E-state index is -4.74. The molecule has 0 unspecified atom stereocenters. The van der Waals surface area contributed by atoms with Crippen molar-refractivity contribution in [3.8, 4) is 0 Å². The van der Waals surface area contributed by atoms with Gasteiger partial charge in [0.15, 0.2) is 0 Å². The fourth-order valence-corrected chi connectivity index (χ4v) is 176. The Bertz CT molecular complexity index is 3360. The van der Waals surface area contributed by atoms with E-state index in [1.54, 1.807) is 0 Å². The van der Waals surface area contributed by atoms with Crippen molar-refractivity contribution in [3.63, 3.8) is 0 Å². The average molecular weight is 1330 g/mol. The molecule has 12 aromatic rings. The first kappa shape index (κ1) is 62.2. The molecular formula is C84H88P4Pd. The summed E-state index contributed by atoms with van der Waals surface area (Å²) in [7, 11) is 0. The van der Waals surface area contributed by atoms with Gasteiger partial charge in [-0.1, -0.05) is 0 Å². The number of hydrogen-bond donors (Lipinski definition) is 0. The molecule has 89 heavy (non-hydrogen) atoms. The molecule has 0 saturated carbocycles. The molecule has 0 aromatic heterocycles. The monoisotopic (exact) mass is 1330 g/mol. The third-order valence-electron chi connectivity index (χ3n) is 18.6. The molecule has 0 aliphatic heterocycles. The summed E-state index contributed by atoms with van der Waals surface area (Å²) in [5.74, 6) is 0. The minimum absolute atomic E-state index is 1.26. The van der Waals surface area contributed by atoms with E-state index >= 15 is 0 Å². The molecule has 0 aliphatic carbocycles. The van der Waals surface area contributed by atoms with E-state index in [1.807, 2.05) is 0 Å². The summed E-state index contributed by atoms with van der Waals surface area (Å²) in [6.07, 6.45) is 0. The summed E-state index contributed by atoms with van der Waals surface area (Å²) in [6, 6.07) is 124. The van der Waals surface area contributed by atoms with Crippen LogP contribution in [0.2, 0.25) is 0 Å². The second-order valence-electron chi connectivity index (χ2n) is 25.3. The van der Waals surface area contributed by atoms with E-state index in [-0.39, 0.29) is 0 Å². The summed E-state index contributed by atoms with van der Waals surface area (Å²) in [4.78, 5) is 0. The zero-order chi connectivity index (χ0) is 62.3. The molecule has 0 fully saturated rings. The van der Waals surface area contributed by atoms with Gasteiger partial charge in [-0.25, -0.2) is 0 Å². The quantitative estimate of drug-likeness (QED) is 0.0668. The van der Waals surface area contributed by atoms with Crippen molar-refractivity contribution in [2.45, 2.75) is 83.1 Å². The predicted molar refractivity (Wildman–Crippen MR) is 403 cm³/mol. The number of rotatable bonds is 16. The van der Waals surface area contributed by atoms with Gasteiger partial charge in [0.25, 0.3) is 0 Å². The van der Waals surface area contributed by atoms with Crippen molar-refractivity contribution in [2.24, 2.45) is 0 Å². The zero-order valence-electron chi connectivity index (χ0n) is 54.0. The van der Waals surface area contributed by atoms with Crippen LogP contribution >= 0.6 is 21.8 Å². The van der Waals surface area contributed by atoms with Crippen LogP contribution in [0.4, 0.5) is 0 Å². The van der Waals surface area contributed by atoms with Crippen molar-refractivity contribution in [1.82, 2.24) is 0 Å². The second kappa shape index (κ2) is 25.4. The first-order valence-electron chi connectivity index (χ1n) is 31.5. The molecule has 12 rings (SSSR count). The molecule has 0 heterocycles. The topological polar surface area (TPSA) is 0 Å². The van der Waals surface area contributed by atoms with Gasteiger partial charge < -0.3 is 0 Å². The van der Waals surface area contributed by atoms with Gasteiger partial charge in [-0.3, -0.25) is 0 Å². The Morgan fingerprint density at radius 2 is 0.191 bits per heavy atom. The number of benzene rings is 12. The first-order valence-corrected chi connectivity index (χ1v) is 48.1. The van der Waals surface area contributed by atoms with E-state index in [0.717, 1.165) is 0 Å². The fourth-order valence-electron chi connectivity index (χ4n) is 14.0. The van der Waals surface area contributed by atoms with Crippen LogP contribution in [-0.2, 0) is 13.6 Å². The molecule has 12 aromatic carbocycles. The van der Waals surface area contributed by atoms with Gasteiger partial charge in [-0.2, -0.15) is 0 Å².